The molecule has 0 aliphatic heterocycles. The monoisotopic (exact) mass is 233 g/mol. The summed E-state index contributed by atoms with van der Waals surface area (Å²) >= 11 is 0. The van der Waals surface area contributed by atoms with E-state index in [-0.39, 0.29) is 11.5 Å². The van der Waals surface area contributed by atoms with Crippen molar-refractivity contribution in [2.24, 2.45) is 0 Å². The minimum atomic E-state index is -0.366. The molecule has 1 aromatic carbocycles. The van der Waals surface area contributed by atoms with E-state index in [1.54, 1.807) is 6.07 Å². The zero-order chi connectivity index (χ0) is 12.3. The van der Waals surface area contributed by atoms with E-state index in [4.69, 9.17) is 5.73 Å². The van der Waals surface area contributed by atoms with Gasteiger partial charge in [-0.3, -0.25) is 0 Å². The third-order valence-electron chi connectivity index (χ3n) is 2.80. The number of halogens is 1. The second-order valence-corrected chi connectivity index (χ2v) is 4.07. The van der Waals surface area contributed by atoms with Gasteiger partial charge in [0.1, 0.15) is 5.82 Å². The van der Waals surface area contributed by atoms with Gasteiger partial charge in [-0.05, 0) is 30.3 Å². The van der Waals surface area contributed by atoms with Crippen molar-refractivity contribution in [2.45, 2.75) is 6.42 Å². The summed E-state index contributed by atoms with van der Waals surface area (Å²) < 4.78 is 13.3. The molecule has 2 aromatic rings. The maximum atomic E-state index is 13.3. The Balaban J connectivity index is 1.99. The van der Waals surface area contributed by atoms with E-state index in [2.05, 4.69) is 4.98 Å². The van der Waals surface area contributed by atoms with Crippen molar-refractivity contribution in [2.75, 3.05) is 24.2 Å². The Morgan fingerprint density at radius 2 is 2.18 bits per heavy atom. The standard InChI is InChI=1S/C13H16FN3/c1-17(8-6-10-3-2-7-16-10)11-4-5-13(15)12(14)9-11/h2-5,7,9,16H,6,8,15H2,1H3. The average Bonchev–Trinajstić information content (AvgIpc) is 2.82. The van der Waals surface area contributed by atoms with Crippen LogP contribution in [0.3, 0.4) is 0 Å². The molecular weight excluding hydrogens is 217 g/mol. The van der Waals surface area contributed by atoms with Crippen molar-refractivity contribution in [3.8, 4) is 0 Å². The van der Waals surface area contributed by atoms with E-state index >= 15 is 0 Å². The fourth-order valence-electron chi connectivity index (χ4n) is 1.69. The van der Waals surface area contributed by atoms with E-state index < -0.39 is 0 Å². The lowest BCUT2D eigenvalue weighted by Crippen LogP contribution is -2.20. The summed E-state index contributed by atoms with van der Waals surface area (Å²) in [6.45, 7) is 0.823. The van der Waals surface area contributed by atoms with Gasteiger partial charge in [-0.1, -0.05) is 0 Å². The van der Waals surface area contributed by atoms with Gasteiger partial charge in [-0.25, -0.2) is 4.39 Å². The number of likely N-dealkylation sites (N-methyl/N-ethyl adjacent to an activating group) is 1. The molecule has 0 saturated carbocycles. The van der Waals surface area contributed by atoms with Crippen molar-refractivity contribution >= 4 is 11.4 Å². The van der Waals surface area contributed by atoms with Gasteiger partial charge < -0.3 is 15.6 Å². The molecule has 0 aliphatic rings. The quantitative estimate of drug-likeness (QED) is 0.796. The number of nitrogens with one attached hydrogen (secondary N) is 1. The van der Waals surface area contributed by atoms with Gasteiger partial charge >= 0.3 is 0 Å². The minimum absolute atomic E-state index is 0.187. The predicted octanol–water partition coefficient (Wildman–Crippen LogP) is 2.41. The summed E-state index contributed by atoms with van der Waals surface area (Å²) in [4.78, 5) is 5.15. The molecule has 3 nitrogen and oxygen atoms in total. The SMILES string of the molecule is CN(CCc1ccc[nH]1)c1ccc(N)c(F)c1. The third-order valence-corrected chi connectivity index (χ3v) is 2.80. The van der Waals surface area contributed by atoms with E-state index in [0.717, 1.165) is 18.7 Å². The molecule has 0 atom stereocenters. The van der Waals surface area contributed by atoms with Gasteiger partial charge in [-0.15, -0.1) is 0 Å². The van der Waals surface area contributed by atoms with Crippen LogP contribution >= 0.6 is 0 Å². The van der Waals surface area contributed by atoms with Crippen LogP contribution < -0.4 is 10.6 Å². The van der Waals surface area contributed by atoms with E-state index in [1.165, 1.54) is 11.8 Å². The number of hydrogen-bond acceptors (Lipinski definition) is 2. The third kappa shape index (κ3) is 2.78. The zero-order valence-corrected chi connectivity index (χ0v) is 9.78. The molecule has 0 spiro atoms. The van der Waals surface area contributed by atoms with E-state index in [1.807, 2.05) is 36.3 Å². The molecule has 0 aliphatic carbocycles. The highest BCUT2D eigenvalue weighted by Gasteiger charge is 2.05. The molecule has 1 heterocycles. The van der Waals surface area contributed by atoms with Crippen LogP contribution in [0, 0.1) is 5.82 Å². The highest BCUT2D eigenvalue weighted by Crippen LogP contribution is 2.19. The summed E-state index contributed by atoms with van der Waals surface area (Å²) in [7, 11) is 1.94. The Morgan fingerprint density at radius 3 is 2.82 bits per heavy atom. The number of nitrogens with two attached hydrogens (primary N) is 1. The first-order chi connectivity index (χ1) is 8.16. The van der Waals surface area contributed by atoms with Gasteiger partial charge in [0.15, 0.2) is 0 Å². The number of hydrogen-bond donors (Lipinski definition) is 2. The highest BCUT2D eigenvalue weighted by atomic mass is 19.1. The molecule has 1 aromatic heterocycles. The Kier molecular flexibility index (Phi) is 3.32. The lowest BCUT2D eigenvalue weighted by atomic mass is 10.2. The Labute approximate surface area is 100 Å². The minimum Gasteiger partial charge on any atom is -0.396 e. The molecule has 0 unspecified atom stereocenters. The van der Waals surface area contributed by atoms with Crippen LogP contribution in [0.25, 0.3) is 0 Å². The molecule has 90 valence electrons. The fraction of sp³-hybridized carbons (Fsp3) is 0.231. The number of nitrogen functional groups attached to an aromatic ring is 1. The smallest absolute Gasteiger partial charge is 0.148 e. The molecule has 2 rings (SSSR count). The number of rotatable bonds is 4. The number of aromatic nitrogens is 1. The first-order valence-corrected chi connectivity index (χ1v) is 5.55. The number of nitrogens with zero attached hydrogens (tertiary/aromatic N) is 1. The Bertz CT molecular complexity index is 479. The molecule has 0 bridgehead atoms. The molecule has 0 fully saturated rings. The molecule has 0 saturated heterocycles. The van der Waals surface area contributed by atoms with Crippen molar-refractivity contribution in [1.82, 2.24) is 4.98 Å². The van der Waals surface area contributed by atoms with Crippen molar-refractivity contribution in [1.29, 1.82) is 0 Å². The zero-order valence-electron chi connectivity index (χ0n) is 9.78. The summed E-state index contributed by atoms with van der Waals surface area (Å²) in [5.41, 5.74) is 7.64. The van der Waals surface area contributed by atoms with Gasteiger partial charge in [0.25, 0.3) is 0 Å². The average molecular weight is 233 g/mol. The number of benzene rings is 1. The van der Waals surface area contributed by atoms with Crippen molar-refractivity contribution in [3.63, 3.8) is 0 Å². The maximum Gasteiger partial charge on any atom is 0.148 e. The lowest BCUT2D eigenvalue weighted by molar-refractivity contribution is 0.632. The molecular formula is C13H16FN3. The highest BCUT2D eigenvalue weighted by molar-refractivity contribution is 5.53. The van der Waals surface area contributed by atoms with Crippen LogP contribution in [0.15, 0.2) is 36.5 Å². The van der Waals surface area contributed by atoms with Crippen LogP contribution in [-0.2, 0) is 6.42 Å². The van der Waals surface area contributed by atoms with Crippen LogP contribution in [0.1, 0.15) is 5.69 Å². The molecule has 0 amide bonds. The number of aromatic amines is 1. The topological polar surface area (TPSA) is 45.0 Å². The number of anilines is 2. The van der Waals surface area contributed by atoms with Crippen LogP contribution in [-0.4, -0.2) is 18.6 Å². The maximum absolute atomic E-state index is 13.3. The van der Waals surface area contributed by atoms with Crippen molar-refractivity contribution in [3.05, 3.63) is 48.0 Å². The molecule has 4 heteroatoms. The first-order valence-electron chi connectivity index (χ1n) is 5.55. The molecule has 3 N–H and O–H groups in total. The Morgan fingerprint density at radius 1 is 1.35 bits per heavy atom. The van der Waals surface area contributed by atoms with Gasteiger partial charge in [0, 0.05) is 37.6 Å². The number of H-pyrrole nitrogens is 1. The normalized spacial score (nSPS) is 10.5. The second kappa shape index (κ2) is 4.91. The van der Waals surface area contributed by atoms with Gasteiger partial charge in [-0.2, -0.15) is 0 Å². The molecule has 0 radical (unpaired) electrons. The Hall–Kier alpha value is -1.97. The summed E-state index contributed by atoms with van der Waals surface area (Å²) in [5.74, 6) is -0.366. The van der Waals surface area contributed by atoms with Gasteiger partial charge in [0.05, 0.1) is 5.69 Å². The fourth-order valence-corrected chi connectivity index (χ4v) is 1.69. The van der Waals surface area contributed by atoms with Crippen LogP contribution in [0.4, 0.5) is 15.8 Å². The summed E-state index contributed by atoms with van der Waals surface area (Å²) in [5, 5.41) is 0. The first kappa shape index (κ1) is 11.5. The van der Waals surface area contributed by atoms with Crippen LogP contribution in [0.5, 0.6) is 0 Å². The second-order valence-electron chi connectivity index (χ2n) is 4.07. The predicted molar refractivity (Wildman–Crippen MR) is 68.6 cm³/mol. The van der Waals surface area contributed by atoms with Crippen LogP contribution in [0.2, 0.25) is 0 Å². The van der Waals surface area contributed by atoms with E-state index in [9.17, 15) is 4.39 Å². The molecule has 17 heavy (non-hydrogen) atoms. The largest absolute Gasteiger partial charge is 0.396 e. The lowest BCUT2D eigenvalue weighted by Gasteiger charge is -2.19. The van der Waals surface area contributed by atoms with Gasteiger partial charge in [0.2, 0.25) is 0 Å². The summed E-state index contributed by atoms with van der Waals surface area (Å²) in [6.07, 6.45) is 2.80. The summed E-state index contributed by atoms with van der Waals surface area (Å²) in [6, 6.07) is 8.89. The van der Waals surface area contributed by atoms with E-state index in [0.29, 0.717) is 0 Å². The van der Waals surface area contributed by atoms with Crippen molar-refractivity contribution < 1.29 is 4.39 Å².